The van der Waals surface area contributed by atoms with Gasteiger partial charge < -0.3 is 0 Å². The van der Waals surface area contributed by atoms with Crippen LogP contribution in [0.15, 0.2) is 0 Å². The van der Waals surface area contributed by atoms with Crippen LogP contribution in [0, 0.1) is 9.48 Å². The van der Waals surface area contributed by atoms with Crippen molar-refractivity contribution < 1.29 is 0 Å². The average molecular weight is 471 g/mol. The second kappa shape index (κ2) is 12.9. The zero-order chi connectivity index (χ0) is 19.5. The van der Waals surface area contributed by atoms with E-state index in [4.69, 9.17) is 0 Å². The summed E-state index contributed by atoms with van der Waals surface area (Å²) in [5, 5.41) is 0. The number of rotatable bonds is 12. The van der Waals surface area contributed by atoms with Crippen molar-refractivity contribution in [3.8, 4) is 9.48 Å². The Bertz CT molecular complexity index is 357. The van der Waals surface area contributed by atoms with E-state index in [-0.39, 0.29) is 0 Å². The molecule has 0 amide bonds. The van der Waals surface area contributed by atoms with E-state index in [9.17, 15) is 0 Å². The first kappa shape index (κ1) is 25.6. The number of hydrogen-bond acceptors (Lipinski definition) is 0. The number of hydrogen-bond donors (Lipinski definition) is 0. The van der Waals surface area contributed by atoms with E-state index in [1.165, 1.54) is 51.8 Å². The molecular weight excluding hydrogens is 423 g/mol. The molecule has 0 heterocycles. The summed E-state index contributed by atoms with van der Waals surface area (Å²) in [6.45, 7) is 21.8. The summed E-state index contributed by atoms with van der Waals surface area (Å²) in [7, 11) is -1.56. The van der Waals surface area contributed by atoms with Gasteiger partial charge in [0.1, 0.15) is 0 Å². The molecule has 0 fully saturated rings. The Morgan fingerprint density at radius 1 is 0.640 bits per heavy atom. The van der Waals surface area contributed by atoms with E-state index in [1.807, 2.05) is 0 Å². The maximum absolute atomic E-state index is 4.24. The molecule has 0 aliphatic rings. The predicted molar refractivity (Wildman–Crippen MR) is 124 cm³/mol. The molecule has 0 N–H and O–H groups in total. The molecule has 0 saturated carbocycles. The summed E-state index contributed by atoms with van der Waals surface area (Å²) in [6, 6.07) is 0. The quantitative estimate of drug-likeness (QED) is 0.198. The third-order valence-corrected chi connectivity index (χ3v) is 26.5. The molecule has 0 radical (unpaired) electrons. The summed E-state index contributed by atoms with van der Waals surface area (Å²) in [4.78, 5) is 0. The molecule has 148 valence electrons. The van der Waals surface area contributed by atoms with Gasteiger partial charge in [-0.05, 0) is 0 Å². The van der Waals surface area contributed by atoms with Crippen molar-refractivity contribution in [1.29, 1.82) is 0 Å². The number of unbranched alkanes of at least 4 members (excludes halogenated alkanes) is 3. The van der Waals surface area contributed by atoms with Gasteiger partial charge in [0.15, 0.2) is 0 Å². The first-order valence-corrected chi connectivity index (χ1v) is 21.0. The topological polar surface area (TPSA) is 0 Å². The Labute approximate surface area is 166 Å². The zero-order valence-corrected chi connectivity index (χ0v) is 23.0. The fourth-order valence-electron chi connectivity index (χ4n) is 4.78. The molecule has 0 aliphatic carbocycles. The first-order valence-electron chi connectivity index (χ1n) is 11.3. The maximum atomic E-state index is 4.24. The molecule has 0 saturated heterocycles. The minimum absolute atomic E-state index is 0.771. The summed E-state index contributed by atoms with van der Waals surface area (Å²) in [6.07, 6.45) is 8.33. The first-order chi connectivity index (χ1) is 11.7. The molecule has 0 atom stereocenters. The van der Waals surface area contributed by atoms with Crippen LogP contribution in [0.5, 0.6) is 0 Å². The summed E-state index contributed by atoms with van der Waals surface area (Å²) < 4.78 is 8.82. The van der Waals surface area contributed by atoms with E-state index >= 15 is 0 Å². The van der Waals surface area contributed by atoms with E-state index in [0.29, 0.717) is 0 Å². The molecule has 0 bridgehead atoms. The Balaban J connectivity index is 5.95. The van der Waals surface area contributed by atoms with Gasteiger partial charge in [-0.3, -0.25) is 0 Å². The Hall–Kier alpha value is 0.576. The fourth-order valence-corrected chi connectivity index (χ4v) is 26.3. The second-order valence-electron chi connectivity index (χ2n) is 9.24. The monoisotopic (exact) mass is 472 g/mol. The standard InChI is InChI=1S/C11H21Si.3C4H9.Sn/c1-8-12(9(2)3,10(4)5)11(6)7;3*1-3-4-2;/h9-11H,2-7H3;3*1,3-4H2,2H3;. The van der Waals surface area contributed by atoms with Crippen LogP contribution in [-0.2, 0) is 0 Å². The van der Waals surface area contributed by atoms with E-state index in [1.54, 1.807) is 0 Å². The van der Waals surface area contributed by atoms with Crippen LogP contribution in [0.2, 0.25) is 29.9 Å². The molecule has 0 aromatic carbocycles. The van der Waals surface area contributed by atoms with Gasteiger partial charge in [0.25, 0.3) is 0 Å². The van der Waals surface area contributed by atoms with Crippen LogP contribution >= 0.6 is 0 Å². The van der Waals surface area contributed by atoms with Crippen LogP contribution in [0.25, 0.3) is 0 Å². The average Bonchev–Trinajstić information content (AvgIpc) is 2.55. The van der Waals surface area contributed by atoms with Crippen molar-refractivity contribution in [3.05, 3.63) is 0 Å². The molecule has 0 aromatic rings. The van der Waals surface area contributed by atoms with Crippen molar-refractivity contribution in [2.75, 3.05) is 0 Å². The van der Waals surface area contributed by atoms with Gasteiger partial charge in [-0.25, -0.2) is 0 Å². The molecule has 0 aromatic heterocycles. The normalized spacial score (nSPS) is 12.8. The molecule has 2 heteroatoms. The van der Waals surface area contributed by atoms with Gasteiger partial charge in [0.2, 0.25) is 0 Å². The van der Waals surface area contributed by atoms with E-state index in [0.717, 1.165) is 16.6 Å². The van der Waals surface area contributed by atoms with Crippen LogP contribution in [0.3, 0.4) is 0 Å². The van der Waals surface area contributed by atoms with Crippen molar-refractivity contribution in [2.24, 2.45) is 0 Å². The molecule has 0 unspecified atom stereocenters. The van der Waals surface area contributed by atoms with Crippen molar-refractivity contribution >= 4 is 26.5 Å². The summed E-state index contributed by atoms with van der Waals surface area (Å²) in [5.74, 6) is 0. The summed E-state index contributed by atoms with van der Waals surface area (Å²) >= 11 is -2.31. The predicted octanol–water partition coefficient (Wildman–Crippen LogP) is 8.60. The van der Waals surface area contributed by atoms with Gasteiger partial charge in [-0.2, -0.15) is 0 Å². The van der Waals surface area contributed by atoms with Gasteiger partial charge in [-0.1, -0.05) is 0 Å². The Kier molecular flexibility index (Phi) is 13.2. The van der Waals surface area contributed by atoms with Crippen molar-refractivity contribution in [2.45, 2.75) is 131 Å². The van der Waals surface area contributed by atoms with E-state index in [2.05, 4.69) is 71.8 Å². The molecular formula is C23H48SiSn. The minimum atomic E-state index is -2.31. The van der Waals surface area contributed by atoms with E-state index < -0.39 is 26.5 Å². The van der Waals surface area contributed by atoms with Gasteiger partial charge in [0.05, 0.1) is 0 Å². The third kappa shape index (κ3) is 7.61. The zero-order valence-electron chi connectivity index (χ0n) is 19.1. The van der Waals surface area contributed by atoms with Crippen molar-refractivity contribution in [1.82, 2.24) is 0 Å². The molecule has 0 aliphatic heterocycles. The second-order valence-corrected chi connectivity index (χ2v) is 27.1. The van der Waals surface area contributed by atoms with Gasteiger partial charge in [0, 0.05) is 0 Å². The SMILES string of the molecule is CCC[CH2][Sn]([C]#C[Si](C(C)C)(C(C)C)C(C)C)([CH2]CCC)[CH2]CCC. The van der Waals surface area contributed by atoms with Gasteiger partial charge in [-0.15, -0.1) is 0 Å². The molecule has 0 rings (SSSR count). The molecule has 25 heavy (non-hydrogen) atoms. The third-order valence-electron chi connectivity index (χ3n) is 6.44. The fraction of sp³-hybridized carbons (Fsp3) is 0.913. The molecule has 0 nitrogen and oxygen atoms in total. The van der Waals surface area contributed by atoms with Crippen LogP contribution < -0.4 is 0 Å². The molecule has 0 spiro atoms. The van der Waals surface area contributed by atoms with Crippen LogP contribution in [0.1, 0.15) is 101 Å². The van der Waals surface area contributed by atoms with Crippen molar-refractivity contribution in [3.63, 3.8) is 0 Å². The summed E-state index contributed by atoms with van der Waals surface area (Å²) in [5.41, 5.74) is 6.49. The Morgan fingerprint density at radius 3 is 1.20 bits per heavy atom. The van der Waals surface area contributed by atoms with Gasteiger partial charge >= 0.3 is 167 Å². The Morgan fingerprint density at radius 2 is 0.960 bits per heavy atom. The van der Waals surface area contributed by atoms with Crippen LogP contribution in [0.4, 0.5) is 0 Å². The van der Waals surface area contributed by atoms with Crippen LogP contribution in [-0.4, -0.2) is 26.5 Å².